The van der Waals surface area contributed by atoms with Crippen LogP contribution in [0.2, 0.25) is 0 Å². The van der Waals surface area contributed by atoms with Crippen molar-refractivity contribution in [1.82, 2.24) is 4.90 Å². The maximum absolute atomic E-state index is 11.7. The minimum Gasteiger partial charge on any atom is -0.393 e. The number of nitro groups is 1. The highest BCUT2D eigenvalue weighted by Gasteiger charge is 2.17. The predicted octanol–water partition coefficient (Wildman–Crippen LogP) is 1.27. The number of anilines is 1. The van der Waals surface area contributed by atoms with Gasteiger partial charge in [0.1, 0.15) is 5.69 Å². The lowest BCUT2D eigenvalue weighted by Gasteiger charge is -2.14. The van der Waals surface area contributed by atoms with Crippen LogP contribution >= 0.6 is 0 Å². The van der Waals surface area contributed by atoms with Crippen molar-refractivity contribution in [3.8, 4) is 0 Å². The Labute approximate surface area is 92.8 Å². The zero-order valence-corrected chi connectivity index (χ0v) is 9.14. The van der Waals surface area contributed by atoms with E-state index in [0.717, 1.165) is 0 Å². The van der Waals surface area contributed by atoms with Crippen molar-refractivity contribution < 1.29 is 9.72 Å². The summed E-state index contributed by atoms with van der Waals surface area (Å²) in [6, 6.07) is 4.05. The summed E-state index contributed by atoms with van der Waals surface area (Å²) >= 11 is 0. The summed E-state index contributed by atoms with van der Waals surface area (Å²) in [5.74, 6) is -0.259. The molecule has 0 aliphatic rings. The van der Waals surface area contributed by atoms with Crippen molar-refractivity contribution in [1.29, 1.82) is 0 Å². The van der Waals surface area contributed by atoms with Crippen LogP contribution in [0.1, 0.15) is 17.3 Å². The summed E-state index contributed by atoms with van der Waals surface area (Å²) in [5, 5.41) is 10.6. The van der Waals surface area contributed by atoms with Crippen molar-refractivity contribution in [2.45, 2.75) is 6.92 Å². The number of hydrogen-bond donors (Lipinski definition) is 1. The van der Waals surface area contributed by atoms with Crippen molar-refractivity contribution in [3.05, 3.63) is 33.9 Å². The van der Waals surface area contributed by atoms with Gasteiger partial charge in [0.05, 0.1) is 4.92 Å². The van der Waals surface area contributed by atoms with Crippen LogP contribution in [0.5, 0.6) is 0 Å². The average molecular weight is 223 g/mol. The van der Waals surface area contributed by atoms with Crippen LogP contribution in [-0.4, -0.2) is 29.3 Å². The molecule has 0 unspecified atom stereocenters. The normalized spacial score (nSPS) is 9.88. The fourth-order valence-electron chi connectivity index (χ4n) is 1.20. The Hall–Kier alpha value is -2.11. The largest absolute Gasteiger partial charge is 0.393 e. The number of hydrogen-bond acceptors (Lipinski definition) is 4. The molecule has 0 fully saturated rings. The first-order valence-corrected chi connectivity index (χ1v) is 4.76. The van der Waals surface area contributed by atoms with Crippen molar-refractivity contribution in [2.75, 3.05) is 19.3 Å². The van der Waals surface area contributed by atoms with Gasteiger partial charge in [0.15, 0.2) is 0 Å². The lowest BCUT2D eigenvalue weighted by atomic mass is 10.1. The molecule has 1 rings (SSSR count). The second-order valence-corrected chi connectivity index (χ2v) is 3.35. The van der Waals surface area contributed by atoms with Crippen molar-refractivity contribution in [2.24, 2.45) is 0 Å². The van der Waals surface area contributed by atoms with Gasteiger partial charge in [-0.3, -0.25) is 14.9 Å². The Morgan fingerprint density at radius 1 is 1.56 bits per heavy atom. The van der Waals surface area contributed by atoms with E-state index >= 15 is 0 Å². The highest BCUT2D eigenvalue weighted by Crippen LogP contribution is 2.22. The fraction of sp³-hybridized carbons (Fsp3) is 0.300. The summed E-state index contributed by atoms with van der Waals surface area (Å²) in [4.78, 5) is 23.2. The van der Waals surface area contributed by atoms with E-state index in [1.54, 1.807) is 7.05 Å². The number of carbonyl (C=O) groups is 1. The maximum atomic E-state index is 11.7. The summed E-state index contributed by atoms with van der Waals surface area (Å²) < 4.78 is 0. The van der Waals surface area contributed by atoms with Gasteiger partial charge >= 0.3 is 0 Å². The van der Waals surface area contributed by atoms with Crippen LogP contribution in [0, 0.1) is 10.1 Å². The predicted molar refractivity (Wildman–Crippen MR) is 60.1 cm³/mol. The zero-order valence-electron chi connectivity index (χ0n) is 9.14. The summed E-state index contributed by atoms with van der Waals surface area (Å²) in [7, 11) is 1.63. The van der Waals surface area contributed by atoms with Gasteiger partial charge in [0, 0.05) is 25.2 Å². The third kappa shape index (κ3) is 2.28. The molecule has 2 N–H and O–H groups in total. The van der Waals surface area contributed by atoms with Crippen LogP contribution in [0.4, 0.5) is 11.4 Å². The Balaban J connectivity index is 3.13. The molecule has 0 saturated heterocycles. The minimum atomic E-state index is -0.599. The monoisotopic (exact) mass is 223 g/mol. The molecular formula is C10H13N3O3. The van der Waals surface area contributed by atoms with Crippen LogP contribution in [0.3, 0.4) is 0 Å². The minimum absolute atomic E-state index is 0.0562. The quantitative estimate of drug-likeness (QED) is 0.474. The molecule has 0 bridgehead atoms. The Kier molecular flexibility index (Phi) is 3.44. The summed E-state index contributed by atoms with van der Waals surface area (Å²) in [6.45, 7) is 2.36. The number of carbonyl (C=O) groups excluding carboxylic acids is 1. The first-order valence-electron chi connectivity index (χ1n) is 4.76. The fourth-order valence-corrected chi connectivity index (χ4v) is 1.20. The number of nitrogens with zero attached hydrogens (tertiary/aromatic N) is 2. The van der Waals surface area contributed by atoms with Crippen molar-refractivity contribution in [3.63, 3.8) is 0 Å². The Bertz CT molecular complexity index is 431. The third-order valence-electron chi connectivity index (χ3n) is 2.30. The first-order chi connectivity index (χ1) is 7.47. The molecule has 6 heteroatoms. The van der Waals surface area contributed by atoms with E-state index in [1.165, 1.54) is 23.1 Å². The SMILES string of the molecule is CCN(C)C(=O)c1ccc(N)c([N+](=O)[O-])c1. The van der Waals surface area contributed by atoms with Crippen LogP contribution in [0.25, 0.3) is 0 Å². The van der Waals surface area contributed by atoms with Gasteiger partial charge in [0.25, 0.3) is 11.6 Å². The van der Waals surface area contributed by atoms with Crippen LogP contribution in [0.15, 0.2) is 18.2 Å². The first kappa shape index (κ1) is 12.0. The van der Waals surface area contributed by atoms with E-state index in [9.17, 15) is 14.9 Å². The zero-order chi connectivity index (χ0) is 12.3. The molecule has 6 nitrogen and oxygen atoms in total. The molecular weight excluding hydrogens is 210 g/mol. The standard InChI is InChI=1S/C10H13N3O3/c1-3-12(2)10(14)7-4-5-8(11)9(6-7)13(15)16/h4-6H,3,11H2,1-2H3. The van der Waals surface area contributed by atoms with Crippen molar-refractivity contribution >= 4 is 17.3 Å². The van der Waals surface area contributed by atoms with Gasteiger partial charge < -0.3 is 10.6 Å². The molecule has 1 aromatic rings. The highest BCUT2D eigenvalue weighted by molar-refractivity contribution is 5.95. The molecule has 86 valence electrons. The van der Waals surface area contributed by atoms with E-state index in [0.29, 0.717) is 6.54 Å². The van der Waals surface area contributed by atoms with E-state index in [-0.39, 0.29) is 22.8 Å². The van der Waals surface area contributed by atoms with E-state index in [2.05, 4.69) is 0 Å². The van der Waals surface area contributed by atoms with Gasteiger partial charge in [-0.2, -0.15) is 0 Å². The Morgan fingerprint density at radius 3 is 2.69 bits per heavy atom. The molecule has 0 saturated carbocycles. The van der Waals surface area contributed by atoms with E-state index in [4.69, 9.17) is 5.73 Å². The number of benzene rings is 1. The van der Waals surface area contributed by atoms with Crippen LogP contribution < -0.4 is 5.73 Å². The van der Waals surface area contributed by atoms with Gasteiger partial charge in [-0.05, 0) is 19.1 Å². The molecule has 0 atom stereocenters. The van der Waals surface area contributed by atoms with E-state index in [1.807, 2.05) is 6.92 Å². The number of nitrogen functional groups attached to an aromatic ring is 1. The van der Waals surface area contributed by atoms with Gasteiger partial charge in [-0.15, -0.1) is 0 Å². The molecule has 0 aromatic heterocycles. The highest BCUT2D eigenvalue weighted by atomic mass is 16.6. The molecule has 0 radical (unpaired) electrons. The lowest BCUT2D eigenvalue weighted by molar-refractivity contribution is -0.383. The molecule has 0 aliphatic heterocycles. The number of rotatable bonds is 3. The average Bonchev–Trinajstić information content (AvgIpc) is 2.27. The second-order valence-electron chi connectivity index (χ2n) is 3.35. The number of amides is 1. The maximum Gasteiger partial charge on any atom is 0.292 e. The van der Waals surface area contributed by atoms with Gasteiger partial charge in [0.2, 0.25) is 0 Å². The summed E-state index contributed by atoms with van der Waals surface area (Å²) in [6.07, 6.45) is 0. The molecule has 0 spiro atoms. The summed E-state index contributed by atoms with van der Waals surface area (Å²) in [5.41, 5.74) is 5.52. The van der Waals surface area contributed by atoms with Gasteiger partial charge in [-0.1, -0.05) is 0 Å². The number of nitro benzene ring substituents is 1. The topological polar surface area (TPSA) is 89.5 Å². The molecule has 1 aromatic carbocycles. The molecule has 1 amide bonds. The lowest BCUT2D eigenvalue weighted by Crippen LogP contribution is -2.26. The third-order valence-corrected chi connectivity index (χ3v) is 2.30. The van der Waals surface area contributed by atoms with E-state index < -0.39 is 4.92 Å². The van der Waals surface area contributed by atoms with Crippen LogP contribution in [-0.2, 0) is 0 Å². The van der Waals surface area contributed by atoms with Gasteiger partial charge in [-0.25, -0.2) is 0 Å². The molecule has 0 aliphatic carbocycles. The number of nitrogens with two attached hydrogens (primary N) is 1. The molecule has 0 heterocycles. The molecule has 16 heavy (non-hydrogen) atoms. The Morgan fingerprint density at radius 2 is 2.19 bits per heavy atom. The second kappa shape index (κ2) is 4.61. The smallest absolute Gasteiger partial charge is 0.292 e.